The van der Waals surface area contributed by atoms with Crippen molar-refractivity contribution in [2.75, 3.05) is 24.9 Å². The third-order valence-corrected chi connectivity index (χ3v) is 3.10. The Hall–Kier alpha value is -1.59. The highest BCUT2D eigenvalue weighted by atomic mass is 16.7. The lowest BCUT2D eigenvalue weighted by atomic mass is 10.1. The first-order chi connectivity index (χ1) is 9.51. The van der Waals surface area contributed by atoms with Gasteiger partial charge in [0.15, 0.2) is 6.29 Å². The number of carbonyl (C=O) groups is 1. The predicted octanol–water partition coefficient (Wildman–Crippen LogP) is 2.76. The fourth-order valence-electron chi connectivity index (χ4n) is 1.92. The van der Waals surface area contributed by atoms with Crippen molar-refractivity contribution in [1.82, 2.24) is 0 Å². The van der Waals surface area contributed by atoms with Crippen LogP contribution in [0.3, 0.4) is 0 Å². The van der Waals surface area contributed by atoms with Gasteiger partial charge in [-0.25, -0.2) is 0 Å². The lowest BCUT2D eigenvalue weighted by molar-refractivity contribution is -0.115. The number of aryl methyl sites for hydroxylation is 1. The molecule has 0 aliphatic rings. The van der Waals surface area contributed by atoms with Crippen LogP contribution in [0.5, 0.6) is 0 Å². The SMILES string of the molecule is CCC(=O)Nc1ccc(C)c(NC(C)C(OC)OC)c1. The Morgan fingerprint density at radius 3 is 2.50 bits per heavy atom. The molecular weight excluding hydrogens is 256 g/mol. The third kappa shape index (κ3) is 4.51. The summed E-state index contributed by atoms with van der Waals surface area (Å²) in [6.07, 6.45) is 0.130. The van der Waals surface area contributed by atoms with Crippen LogP contribution in [0.25, 0.3) is 0 Å². The van der Waals surface area contributed by atoms with Crippen LogP contribution in [0.4, 0.5) is 11.4 Å². The largest absolute Gasteiger partial charge is 0.377 e. The Bertz CT molecular complexity index is 445. The van der Waals surface area contributed by atoms with Crippen LogP contribution in [-0.2, 0) is 14.3 Å². The molecule has 5 nitrogen and oxygen atoms in total. The highest BCUT2D eigenvalue weighted by molar-refractivity contribution is 5.91. The normalized spacial score (nSPS) is 12.3. The van der Waals surface area contributed by atoms with Gasteiger partial charge in [-0.15, -0.1) is 0 Å². The van der Waals surface area contributed by atoms with E-state index < -0.39 is 0 Å². The van der Waals surface area contributed by atoms with E-state index >= 15 is 0 Å². The van der Waals surface area contributed by atoms with E-state index in [0.29, 0.717) is 6.42 Å². The van der Waals surface area contributed by atoms with Crippen LogP contribution in [-0.4, -0.2) is 32.5 Å². The average Bonchev–Trinajstić information content (AvgIpc) is 2.43. The van der Waals surface area contributed by atoms with Crippen molar-refractivity contribution in [2.45, 2.75) is 39.5 Å². The van der Waals surface area contributed by atoms with Gasteiger partial charge in [-0.2, -0.15) is 0 Å². The lowest BCUT2D eigenvalue weighted by Crippen LogP contribution is -2.34. The van der Waals surface area contributed by atoms with Gasteiger partial charge in [0, 0.05) is 32.0 Å². The van der Waals surface area contributed by atoms with Gasteiger partial charge in [-0.1, -0.05) is 13.0 Å². The Balaban J connectivity index is 2.83. The van der Waals surface area contributed by atoms with Crippen LogP contribution in [0.2, 0.25) is 0 Å². The molecule has 0 saturated heterocycles. The number of amides is 1. The van der Waals surface area contributed by atoms with E-state index in [1.165, 1.54) is 0 Å². The monoisotopic (exact) mass is 280 g/mol. The maximum atomic E-state index is 11.4. The molecule has 112 valence electrons. The standard InChI is InChI=1S/C15H24N2O3/c1-6-14(18)17-12-8-7-10(2)13(9-12)16-11(3)15(19-4)20-5/h7-9,11,15-16H,6H2,1-5H3,(H,17,18). The van der Waals surface area contributed by atoms with Gasteiger partial charge in [0.1, 0.15) is 0 Å². The number of methoxy groups -OCH3 is 2. The molecule has 0 radical (unpaired) electrons. The van der Waals surface area contributed by atoms with E-state index in [1.54, 1.807) is 14.2 Å². The van der Waals surface area contributed by atoms with Crippen molar-refractivity contribution in [3.05, 3.63) is 23.8 Å². The molecule has 0 saturated carbocycles. The zero-order valence-electron chi connectivity index (χ0n) is 12.8. The van der Waals surface area contributed by atoms with E-state index in [1.807, 2.05) is 39.0 Å². The minimum atomic E-state index is -0.330. The molecule has 20 heavy (non-hydrogen) atoms. The van der Waals surface area contributed by atoms with E-state index in [4.69, 9.17) is 9.47 Å². The molecule has 2 N–H and O–H groups in total. The molecule has 0 aliphatic heterocycles. The van der Waals surface area contributed by atoms with Crippen LogP contribution >= 0.6 is 0 Å². The number of anilines is 2. The first kappa shape index (κ1) is 16.5. The van der Waals surface area contributed by atoms with E-state index in [0.717, 1.165) is 16.9 Å². The van der Waals surface area contributed by atoms with E-state index in [-0.39, 0.29) is 18.2 Å². The van der Waals surface area contributed by atoms with Gasteiger partial charge in [-0.3, -0.25) is 4.79 Å². The van der Waals surface area contributed by atoms with Gasteiger partial charge in [-0.05, 0) is 31.5 Å². The zero-order chi connectivity index (χ0) is 15.1. The van der Waals surface area contributed by atoms with Crippen molar-refractivity contribution in [3.8, 4) is 0 Å². The zero-order valence-corrected chi connectivity index (χ0v) is 12.8. The highest BCUT2D eigenvalue weighted by Gasteiger charge is 2.16. The number of rotatable bonds is 7. The second-order valence-electron chi connectivity index (χ2n) is 4.70. The summed E-state index contributed by atoms with van der Waals surface area (Å²) in [7, 11) is 3.22. The van der Waals surface area contributed by atoms with Gasteiger partial charge < -0.3 is 20.1 Å². The quantitative estimate of drug-likeness (QED) is 0.754. The predicted molar refractivity (Wildman–Crippen MR) is 81.0 cm³/mol. The first-order valence-corrected chi connectivity index (χ1v) is 6.74. The van der Waals surface area contributed by atoms with Crippen molar-refractivity contribution in [2.24, 2.45) is 0 Å². The Morgan fingerprint density at radius 2 is 1.95 bits per heavy atom. The van der Waals surface area contributed by atoms with Gasteiger partial charge >= 0.3 is 0 Å². The second kappa shape index (κ2) is 7.87. The van der Waals surface area contributed by atoms with Crippen molar-refractivity contribution in [1.29, 1.82) is 0 Å². The molecule has 5 heteroatoms. The number of hydrogen-bond acceptors (Lipinski definition) is 4. The summed E-state index contributed by atoms with van der Waals surface area (Å²) in [4.78, 5) is 11.4. The molecule has 1 amide bonds. The number of nitrogens with one attached hydrogen (secondary N) is 2. The number of carbonyl (C=O) groups excluding carboxylic acids is 1. The molecule has 1 rings (SSSR count). The summed E-state index contributed by atoms with van der Waals surface area (Å²) < 4.78 is 10.5. The molecule has 0 spiro atoms. The summed E-state index contributed by atoms with van der Waals surface area (Å²) in [6.45, 7) is 5.82. The molecule has 0 aliphatic carbocycles. The summed E-state index contributed by atoms with van der Waals surface area (Å²) in [6, 6.07) is 5.76. The minimum Gasteiger partial charge on any atom is -0.377 e. The van der Waals surface area contributed by atoms with Crippen LogP contribution in [0.1, 0.15) is 25.8 Å². The van der Waals surface area contributed by atoms with Gasteiger partial charge in [0.05, 0.1) is 6.04 Å². The molecular formula is C15H24N2O3. The molecule has 1 atom stereocenters. The fraction of sp³-hybridized carbons (Fsp3) is 0.533. The number of benzene rings is 1. The maximum Gasteiger partial charge on any atom is 0.224 e. The van der Waals surface area contributed by atoms with Crippen LogP contribution in [0, 0.1) is 6.92 Å². The Morgan fingerprint density at radius 1 is 1.30 bits per heavy atom. The van der Waals surface area contributed by atoms with E-state index in [9.17, 15) is 4.79 Å². The summed E-state index contributed by atoms with van der Waals surface area (Å²) >= 11 is 0. The van der Waals surface area contributed by atoms with Crippen molar-refractivity contribution < 1.29 is 14.3 Å². The van der Waals surface area contributed by atoms with Gasteiger partial charge in [0.25, 0.3) is 0 Å². The molecule has 0 bridgehead atoms. The minimum absolute atomic E-state index is 0.000453. The molecule has 0 fully saturated rings. The van der Waals surface area contributed by atoms with Gasteiger partial charge in [0.2, 0.25) is 5.91 Å². The summed E-state index contributed by atoms with van der Waals surface area (Å²) in [5.74, 6) is -0.000453. The third-order valence-electron chi connectivity index (χ3n) is 3.10. The second-order valence-corrected chi connectivity index (χ2v) is 4.70. The number of hydrogen-bond donors (Lipinski definition) is 2. The Labute approximate surface area is 120 Å². The van der Waals surface area contributed by atoms with Crippen molar-refractivity contribution >= 4 is 17.3 Å². The molecule has 0 aromatic heterocycles. The lowest BCUT2D eigenvalue weighted by Gasteiger charge is -2.24. The topological polar surface area (TPSA) is 59.6 Å². The first-order valence-electron chi connectivity index (χ1n) is 6.74. The molecule has 0 heterocycles. The van der Waals surface area contributed by atoms with Crippen LogP contribution < -0.4 is 10.6 Å². The Kier molecular flexibility index (Phi) is 6.48. The fourth-order valence-corrected chi connectivity index (χ4v) is 1.92. The maximum absolute atomic E-state index is 11.4. The van der Waals surface area contributed by atoms with Crippen LogP contribution in [0.15, 0.2) is 18.2 Å². The summed E-state index contributed by atoms with van der Waals surface area (Å²) in [5.41, 5.74) is 2.83. The van der Waals surface area contributed by atoms with E-state index in [2.05, 4.69) is 10.6 Å². The highest BCUT2D eigenvalue weighted by Crippen LogP contribution is 2.22. The summed E-state index contributed by atoms with van der Waals surface area (Å²) in [5, 5.41) is 6.19. The molecule has 1 unspecified atom stereocenters. The number of ether oxygens (including phenoxy) is 2. The molecule has 1 aromatic carbocycles. The average molecular weight is 280 g/mol. The molecule has 1 aromatic rings. The van der Waals surface area contributed by atoms with Crippen molar-refractivity contribution in [3.63, 3.8) is 0 Å². The smallest absolute Gasteiger partial charge is 0.224 e.